The highest BCUT2D eigenvalue weighted by Crippen LogP contribution is 2.47. The minimum Gasteiger partial charge on any atom is -0.507 e. The molecule has 0 bridgehead atoms. The number of fused-ring (bicyclic) bond motifs is 1. The number of allylic oxidation sites excluding steroid dienone is 2. The first-order valence-corrected chi connectivity index (χ1v) is 16.4. The van der Waals surface area contributed by atoms with Crippen LogP contribution in [0.2, 0.25) is 0 Å². The predicted octanol–water partition coefficient (Wildman–Crippen LogP) is 5.06. The van der Waals surface area contributed by atoms with E-state index >= 15 is 0 Å². The fraction of sp³-hybridized carbons (Fsp3) is 0.395. The van der Waals surface area contributed by atoms with E-state index in [0.717, 1.165) is 49.3 Å². The molecule has 1 aliphatic carbocycles. The second-order valence-electron chi connectivity index (χ2n) is 12.9. The predicted molar refractivity (Wildman–Crippen MR) is 177 cm³/mol. The van der Waals surface area contributed by atoms with E-state index in [0.29, 0.717) is 30.4 Å². The number of benzene rings is 2. The normalized spacial score (nSPS) is 23.6. The van der Waals surface area contributed by atoms with E-state index in [9.17, 15) is 24.9 Å². The van der Waals surface area contributed by atoms with Gasteiger partial charge in [0.15, 0.2) is 0 Å². The maximum absolute atomic E-state index is 14.0. The Morgan fingerprint density at radius 2 is 1.70 bits per heavy atom. The van der Waals surface area contributed by atoms with Gasteiger partial charge in [-0.2, -0.15) is 0 Å². The molecule has 2 fully saturated rings. The van der Waals surface area contributed by atoms with E-state index < -0.39 is 23.9 Å². The smallest absolute Gasteiger partial charge is 0.234 e. The van der Waals surface area contributed by atoms with Gasteiger partial charge in [0, 0.05) is 43.4 Å². The lowest BCUT2D eigenvalue weighted by Crippen LogP contribution is -2.47. The third kappa shape index (κ3) is 6.56. The zero-order valence-electron chi connectivity index (χ0n) is 26.3. The summed E-state index contributed by atoms with van der Waals surface area (Å²) in [6, 6.07) is 22.9. The van der Waals surface area contributed by atoms with Crippen molar-refractivity contribution in [2.75, 3.05) is 19.7 Å². The molecule has 0 saturated carbocycles. The van der Waals surface area contributed by atoms with Gasteiger partial charge in [-0.15, -0.1) is 0 Å². The highest BCUT2D eigenvalue weighted by atomic mass is 16.3. The first-order chi connectivity index (χ1) is 22.4. The summed E-state index contributed by atoms with van der Waals surface area (Å²) in [6.45, 7) is 4.07. The number of phenolic OH excluding ortho intramolecular Hbond substituents is 1. The summed E-state index contributed by atoms with van der Waals surface area (Å²) in [7, 11) is 0. The Morgan fingerprint density at radius 3 is 2.39 bits per heavy atom. The number of aliphatic hydroxyl groups is 2. The van der Waals surface area contributed by atoms with Crippen LogP contribution >= 0.6 is 0 Å². The van der Waals surface area contributed by atoms with Gasteiger partial charge in [0.25, 0.3) is 0 Å². The molecule has 0 unspecified atom stereocenters. The number of carbonyl (C=O) groups is 2. The zero-order chi connectivity index (χ0) is 32.2. The van der Waals surface area contributed by atoms with Crippen molar-refractivity contribution in [1.82, 2.24) is 14.8 Å². The van der Waals surface area contributed by atoms with Crippen molar-refractivity contribution >= 4 is 23.5 Å². The van der Waals surface area contributed by atoms with Crippen LogP contribution in [0.25, 0.3) is 11.6 Å². The first-order valence-electron chi connectivity index (χ1n) is 16.4. The SMILES string of the molecule is CC1=C([C@H](O)CC/C(=C/c2ccccc2O)c2ccccn2)[C@H](CO)[C@@H]2C(=O)N(C3CCN(Cc4ccccc4)CC3)C(=O)[C@@H]2C1. The molecule has 0 spiro atoms. The number of aliphatic hydroxyl groups excluding tert-OH is 2. The molecule has 2 aliphatic heterocycles. The molecular weight excluding hydrogens is 578 g/mol. The van der Waals surface area contributed by atoms with E-state index in [1.54, 1.807) is 18.3 Å². The van der Waals surface area contributed by atoms with Gasteiger partial charge in [0.05, 0.1) is 30.2 Å². The Bertz CT molecular complexity index is 1600. The van der Waals surface area contributed by atoms with Gasteiger partial charge < -0.3 is 15.3 Å². The van der Waals surface area contributed by atoms with E-state index in [4.69, 9.17) is 0 Å². The van der Waals surface area contributed by atoms with Crippen LogP contribution in [0.15, 0.2) is 90.1 Å². The Hall–Kier alpha value is -4.11. The number of nitrogens with zero attached hydrogens (tertiary/aromatic N) is 3. The molecule has 4 atom stereocenters. The Labute approximate surface area is 270 Å². The number of piperidine rings is 1. The first kappa shape index (κ1) is 31.9. The average molecular weight is 622 g/mol. The lowest BCUT2D eigenvalue weighted by molar-refractivity contribution is -0.144. The Kier molecular flexibility index (Phi) is 9.78. The fourth-order valence-corrected chi connectivity index (χ4v) is 7.75. The standard InChI is InChI=1S/C38H43N3O5/c1-25-21-30-36(38(46)41(37(30)45)29-16-19-40(20-17-29)23-26-9-3-2-4-10-26)31(24-42)35(25)34(44)15-14-27(32-12-7-8-18-39-32)22-28-11-5-6-13-33(28)43/h2-13,18,22,29-31,34,36,42-44H,14-17,19-21,23-24H2,1H3/b27-22-/t30-,31+,34-,36-/m1/s1. The number of hydrogen-bond acceptors (Lipinski definition) is 7. The molecule has 8 heteroatoms. The largest absolute Gasteiger partial charge is 0.507 e. The number of hydrogen-bond donors (Lipinski definition) is 3. The molecule has 0 radical (unpaired) electrons. The molecule has 2 saturated heterocycles. The number of aromatic hydroxyl groups is 1. The fourth-order valence-electron chi connectivity index (χ4n) is 7.75. The van der Waals surface area contributed by atoms with E-state index in [1.807, 2.05) is 61.5 Å². The van der Waals surface area contributed by atoms with E-state index in [-0.39, 0.29) is 30.2 Å². The van der Waals surface area contributed by atoms with Gasteiger partial charge in [-0.1, -0.05) is 60.2 Å². The molecule has 3 aliphatic rings. The number of carbonyl (C=O) groups excluding carboxylic acids is 2. The second-order valence-corrected chi connectivity index (χ2v) is 12.9. The van der Waals surface area contributed by atoms with Gasteiger partial charge in [-0.3, -0.25) is 24.4 Å². The minimum atomic E-state index is -0.909. The van der Waals surface area contributed by atoms with Crippen LogP contribution < -0.4 is 0 Å². The monoisotopic (exact) mass is 621 g/mol. The molecule has 3 aromatic rings. The van der Waals surface area contributed by atoms with Crippen molar-refractivity contribution in [3.05, 3.63) is 107 Å². The van der Waals surface area contributed by atoms with Crippen molar-refractivity contribution in [2.45, 2.75) is 57.7 Å². The summed E-state index contributed by atoms with van der Waals surface area (Å²) >= 11 is 0. The Balaban J connectivity index is 1.16. The molecule has 3 N–H and O–H groups in total. The van der Waals surface area contributed by atoms with E-state index in [1.165, 1.54) is 10.5 Å². The molecular formula is C38H43N3O5. The topological polar surface area (TPSA) is 114 Å². The summed E-state index contributed by atoms with van der Waals surface area (Å²) in [5.41, 5.74) is 5.05. The van der Waals surface area contributed by atoms with Crippen molar-refractivity contribution in [3.8, 4) is 5.75 Å². The van der Waals surface area contributed by atoms with Gasteiger partial charge in [-0.25, -0.2) is 0 Å². The highest BCUT2D eigenvalue weighted by Gasteiger charge is 2.56. The number of amides is 2. The maximum atomic E-state index is 14.0. The van der Waals surface area contributed by atoms with Crippen LogP contribution in [0.1, 0.15) is 55.8 Å². The number of rotatable bonds is 10. The maximum Gasteiger partial charge on any atom is 0.234 e. The molecule has 3 heterocycles. The number of para-hydroxylation sites is 1. The molecule has 2 amide bonds. The number of phenols is 1. The van der Waals surface area contributed by atoms with Crippen LogP contribution in [0.4, 0.5) is 0 Å². The second kappa shape index (κ2) is 14.1. The Morgan fingerprint density at radius 1 is 0.978 bits per heavy atom. The summed E-state index contributed by atoms with van der Waals surface area (Å²) in [4.78, 5) is 36.1. The van der Waals surface area contributed by atoms with Crippen LogP contribution in [-0.2, 0) is 16.1 Å². The van der Waals surface area contributed by atoms with Crippen molar-refractivity contribution in [1.29, 1.82) is 0 Å². The highest BCUT2D eigenvalue weighted by molar-refractivity contribution is 6.06. The zero-order valence-corrected chi connectivity index (χ0v) is 26.3. The molecule has 6 rings (SSSR count). The molecule has 1 aromatic heterocycles. The molecule has 46 heavy (non-hydrogen) atoms. The van der Waals surface area contributed by atoms with Crippen LogP contribution in [0.3, 0.4) is 0 Å². The lowest BCUT2D eigenvalue weighted by atomic mass is 9.68. The minimum absolute atomic E-state index is 0.133. The van der Waals surface area contributed by atoms with Crippen molar-refractivity contribution in [2.24, 2.45) is 17.8 Å². The summed E-state index contributed by atoms with van der Waals surface area (Å²) in [6.07, 6.45) is 5.34. The number of imide groups is 1. The average Bonchev–Trinajstić information content (AvgIpc) is 3.32. The number of aromatic nitrogens is 1. The molecule has 2 aromatic carbocycles. The summed E-state index contributed by atoms with van der Waals surface area (Å²) in [5, 5.41) is 32.7. The van der Waals surface area contributed by atoms with Crippen molar-refractivity contribution in [3.63, 3.8) is 0 Å². The molecule has 8 nitrogen and oxygen atoms in total. The summed E-state index contributed by atoms with van der Waals surface area (Å²) in [5.74, 6) is -1.97. The van der Waals surface area contributed by atoms with E-state index in [2.05, 4.69) is 22.0 Å². The third-order valence-corrected chi connectivity index (χ3v) is 10.0. The number of likely N-dealkylation sites (tertiary alicyclic amines) is 2. The van der Waals surface area contributed by atoms with Gasteiger partial charge in [0.2, 0.25) is 11.8 Å². The van der Waals surface area contributed by atoms with Crippen LogP contribution in [0, 0.1) is 17.8 Å². The van der Waals surface area contributed by atoms with Gasteiger partial charge >= 0.3 is 0 Å². The quantitative estimate of drug-likeness (QED) is 0.214. The van der Waals surface area contributed by atoms with Gasteiger partial charge in [-0.05, 0) is 80.0 Å². The third-order valence-electron chi connectivity index (χ3n) is 10.0. The number of pyridine rings is 1. The lowest BCUT2D eigenvalue weighted by Gasteiger charge is -2.36. The summed E-state index contributed by atoms with van der Waals surface area (Å²) < 4.78 is 0. The molecule has 240 valence electrons. The van der Waals surface area contributed by atoms with Crippen LogP contribution in [0.5, 0.6) is 5.75 Å². The van der Waals surface area contributed by atoms with Crippen molar-refractivity contribution < 1.29 is 24.9 Å². The van der Waals surface area contributed by atoms with Crippen LogP contribution in [-0.4, -0.2) is 73.8 Å². The van der Waals surface area contributed by atoms with Gasteiger partial charge in [0.1, 0.15) is 5.75 Å².